The smallest absolute Gasteiger partial charge is 0.410 e. The van der Waals surface area contributed by atoms with Gasteiger partial charge in [-0.05, 0) is 47.7 Å². The molecule has 0 aliphatic rings. The van der Waals surface area contributed by atoms with Crippen molar-refractivity contribution in [1.29, 1.82) is 0 Å². The fourth-order valence-electron chi connectivity index (χ4n) is 3.31. The second kappa shape index (κ2) is 12.1. The second-order valence-electron chi connectivity index (χ2n) is 8.49. The Morgan fingerprint density at radius 3 is 2.24 bits per heavy atom. The minimum absolute atomic E-state index is 0.0557. The number of hydrogen-bond acceptors (Lipinski definition) is 6. The van der Waals surface area contributed by atoms with E-state index in [0.717, 1.165) is 28.5 Å². The van der Waals surface area contributed by atoms with Crippen LogP contribution in [-0.2, 0) is 19.1 Å². The van der Waals surface area contributed by atoms with Crippen LogP contribution in [0.4, 0.5) is 4.79 Å². The average molecular weight is 460 g/mol. The van der Waals surface area contributed by atoms with Crippen LogP contribution in [0, 0.1) is 11.8 Å². The summed E-state index contributed by atoms with van der Waals surface area (Å²) in [6.07, 6.45) is -0.766. The highest BCUT2D eigenvalue weighted by molar-refractivity contribution is 5.87. The van der Waals surface area contributed by atoms with Crippen LogP contribution in [0.25, 0.3) is 10.8 Å². The molecule has 2 aromatic rings. The minimum atomic E-state index is -1.12. The van der Waals surface area contributed by atoms with Gasteiger partial charge in [-0.1, -0.05) is 44.5 Å². The normalized spacial score (nSPS) is 13.8. The summed E-state index contributed by atoms with van der Waals surface area (Å²) < 4.78 is 15.5. The van der Waals surface area contributed by atoms with Crippen molar-refractivity contribution < 1.29 is 33.7 Å². The first-order valence-electron chi connectivity index (χ1n) is 11.1. The number of ether oxygens (including phenoxy) is 3. The van der Waals surface area contributed by atoms with Crippen LogP contribution in [0.15, 0.2) is 36.4 Å². The molecule has 3 atom stereocenters. The van der Waals surface area contributed by atoms with Gasteiger partial charge in [0, 0.05) is 13.5 Å². The maximum atomic E-state index is 12.5. The molecule has 2 N–H and O–H groups in total. The van der Waals surface area contributed by atoms with E-state index < -0.39 is 36.2 Å². The number of hydrogen-bond donors (Lipinski definition) is 2. The van der Waals surface area contributed by atoms with E-state index >= 15 is 0 Å². The molecular weight excluding hydrogens is 426 g/mol. The first-order chi connectivity index (χ1) is 15.6. The zero-order valence-corrected chi connectivity index (χ0v) is 19.8. The van der Waals surface area contributed by atoms with Crippen LogP contribution in [0.1, 0.15) is 52.0 Å². The summed E-state index contributed by atoms with van der Waals surface area (Å²) in [6, 6.07) is 11.3. The largest absolute Gasteiger partial charge is 0.497 e. The minimum Gasteiger partial charge on any atom is -0.497 e. The Hall–Kier alpha value is -3.29. The Kier molecular flexibility index (Phi) is 9.51. The van der Waals surface area contributed by atoms with Crippen molar-refractivity contribution in [2.24, 2.45) is 11.8 Å². The summed E-state index contributed by atoms with van der Waals surface area (Å²) in [5, 5.41) is 13.7. The monoisotopic (exact) mass is 459 g/mol. The Labute approximate surface area is 194 Å². The molecule has 180 valence electrons. The molecule has 0 fully saturated rings. The molecule has 0 saturated carbocycles. The van der Waals surface area contributed by atoms with Crippen LogP contribution >= 0.6 is 0 Å². The first kappa shape index (κ1) is 26.0. The molecule has 0 aliphatic carbocycles. The topological polar surface area (TPSA) is 111 Å². The molecule has 2 aromatic carbocycles. The van der Waals surface area contributed by atoms with E-state index in [9.17, 15) is 19.5 Å². The molecule has 0 aromatic heterocycles. The van der Waals surface area contributed by atoms with Gasteiger partial charge in [0.25, 0.3) is 0 Å². The Bertz CT molecular complexity index is 972. The molecule has 2 unspecified atom stereocenters. The lowest BCUT2D eigenvalue weighted by atomic mass is 9.98. The van der Waals surface area contributed by atoms with Gasteiger partial charge in [0.1, 0.15) is 5.75 Å². The van der Waals surface area contributed by atoms with Gasteiger partial charge in [0.2, 0.25) is 6.29 Å². The quantitative estimate of drug-likeness (QED) is 0.370. The third-order valence-electron chi connectivity index (χ3n) is 5.41. The summed E-state index contributed by atoms with van der Waals surface area (Å²) in [4.78, 5) is 35.9. The molecule has 8 heteroatoms. The fraction of sp³-hybridized carbons (Fsp3) is 0.480. The SMILES string of the molecule is COc1ccc2cc(C(C)C(=O)O[C@@H](C)OC(=O)NCC(CCC(C)C)C(=O)O)ccc2c1. The van der Waals surface area contributed by atoms with E-state index in [-0.39, 0.29) is 6.54 Å². The molecule has 0 heterocycles. The summed E-state index contributed by atoms with van der Waals surface area (Å²) in [6.45, 7) is 7.11. The van der Waals surface area contributed by atoms with Crippen molar-refractivity contribution in [3.63, 3.8) is 0 Å². The van der Waals surface area contributed by atoms with E-state index in [1.165, 1.54) is 6.92 Å². The Balaban J connectivity index is 1.88. The number of methoxy groups -OCH3 is 1. The number of benzene rings is 2. The second-order valence-corrected chi connectivity index (χ2v) is 8.49. The van der Waals surface area contributed by atoms with Gasteiger partial charge in [0.15, 0.2) is 0 Å². The number of esters is 1. The number of carbonyl (C=O) groups is 3. The van der Waals surface area contributed by atoms with Crippen molar-refractivity contribution in [3.8, 4) is 5.75 Å². The van der Waals surface area contributed by atoms with Gasteiger partial charge in [-0.15, -0.1) is 0 Å². The highest BCUT2D eigenvalue weighted by atomic mass is 16.7. The van der Waals surface area contributed by atoms with Gasteiger partial charge in [-0.3, -0.25) is 9.59 Å². The highest BCUT2D eigenvalue weighted by Crippen LogP contribution is 2.26. The molecule has 33 heavy (non-hydrogen) atoms. The number of carboxylic acid groups (broad SMARTS) is 1. The number of amides is 1. The standard InChI is InChI=1S/C25H33NO7/c1-15(2)6-7-21(23(27)28)14-26-25(30)33-17(4)32-24(29)16(3)18-8-9-20-13-22(31-5)11-10-19(20)12-18/h8-13,15-17,21H,6-7,14H2,1-5H3,(H,26,30)(H,27,28)/t16?,17-,21?/m1/s1. The summed E-state index contributed by atoms with van der Waals surface area (Å²) in [7, 11) is 1.61. The van der Waals surface area contributed by atoms with Gasteiger partial charge >= 0.3 is 18.0 Å². The van der Waals surface area contributed by atoms with Crippen LogP contribution in [0.5, 0.6) is 5.75 Å². The summed E-state index contributed by atoms with van der Waals surface area (Å²) in [5.74, 6) is -1.67. The molecule has 0 aliphatic heterocycles. The molecule has 8 nitrogen and oxygen atoms in total. The molecular formula is C25H33NO7. The van der Waals surface area contributed by atoms with Crippen molar-refractivity contribution >= 4 is 28.8 Å². The predicted molar refractivity (Wildman–Crippen MR) is 124 cm³/mol. The lowest BCUT2D eigenvalue weighted by Crippen LogP contribution is -2.36. The molecule has 0 spiro atoms. The Morgan fingerprint density at radius 1 is 0.939 bits per heavy atom. The number of nitrogens with one attached hydrogen (secondary N) is 1. The van der Waals surface area contributed by atoms with Crippen molar-refractivity contribution in [1.82, 2.24) is 5.32 Å². The average Bonchev–Trinajstić information content (AvgIpc) is 2.77. The van der Waals surface area contributed by atoms with Crippen molar-refractivity contribution in [3.05, 3.63) is 42.0 Å². The van der Waals surface area contributed by atoms with E-state index in [1.807, 2.05) is 50.2 Å². The van der Waals surface area contributed by atoms with Crippen LogP contribution < -0.4 is 10.1 Å². The molecule has 0 radical (unpaired) electrons. The number of carboxylic acids is 1. The van der Waals surface area contributed by atoms with Crippen molar-refractivity contribution in [2.75, 3.05) is 13.7 Å². The van der Waals surface area contributed by atoms with Gasteiger partial charge in [0.05, 0.1) is 18.9 Å². The summed E-state index contributed by atoms with van der Waals surface area (Å²) in [5.41, 5.74) is 0.767. The highest BCUT2D eigenvalue weighted by Gasteiger charge is 2.23. The number of rotatable bonds is 11. The third kappa shape index (κ3) is 7.97. The van der Waals surface area contributed by atoms with Gasteiger partial charge < -0.3 is 24.6 Å². The molecule has 0 bridgehead atoms. The number of carbonyl (C=O) groups excluding carboxylic acids is 2. The number of aliphatic carboxylic acids is 1. The zero-order chi connectivity index (χ0) is 24.5. The van der Waals surface area contributed by atoms with Crippen LogP contribution in [0.2, 0.25) is 0 Å². The van der Waals surface area contributed by atoms with Crippen molar-refractivity contribution in [2.45, 2.75) is 52.7 Å². The van der Waals surface area contributed by atoms with E-state index in [2.05, 4.69) is 5.32 Å². The number of fused-ring (bicyclic) bond motifs is 1. The Morgan fingerprint density at radius 2 is 1.61 bits per heavy atom. The van der Waals surface area contributed by atoms with E-state index in [4.69, 9.17) is 14.2 Å². The van der Waals surface area contributed by atoms with E-state index in [1.54, 1.807) is 14.0 Å². The molecule has 1 amide bonds. The third-order valence-corrected chi connectivity index (χ3v) is 5.41. The lowest BCUT2D eigenvalue weighted by molar-refractivity contribution is -0.166. The lowest BCUT2D eigenvalue weighted by Gasteiger charge is -2.19. The van der Waals surface area contributed by atoms with E-state index in [0.29, 0.717) is 12.3 Å². The summed E-state index contributed by atoms with van der Waals surface area (Å²) >= 11 is 0. The first-order valence-corrected chi connectivity index (χ1v) is 11.1. The van der Waals surface area contributed by atoms with Gasteiger partial charge in [-0.25, -0.2) is 4.79 Å². The predicted octanol–water partition coefficient (Wildman–Crippen LogP) is 4.70. The fourth-order valence-corrected chi connectivity index (χ4v) is 3.31. The molecule has 0 saturated heterocycles. The maximum absolute atomic E-state index is 12.5. The molecule has 2 rings (SSSR count). The zero-order valence-electron chi connectivity index (χ0n) is 19.8. The maximum Gasteiger partial charge on any atom is 0.410 e. The van der Waals surface area contributed by atoms with Crippen LogP contribution in [0.3, 0.4) is 0 Å². The van der Waals surface area contributed by atoms with Crippen LogP contribution in [-0.4, -0.2) is 43.1 Å². The number of alkyl carbamates (subject to hydrolysis) is 1. The van der Waals surface area contributed by atoms with Gasteiger partial charge in [-0.2, -0.15) is 0 Å².